The molecule has 0 bridgehead atoms. The van der Waals surface area contributed by atoms with Gasteiger partial charge in [-0.15, -0.1) is 0 Å². The average Bonchev–Trinajstić information content (AvgIpc) is 3.36. The number of hydrogen-bond acceptors (Lipinski definition) is 4. The van der Waals surface area contributed by atoms with Gasteiger partial charge in [-0.25, -0.2) is 0 Å². The Labute approximate surface area is 208 Å². The van der Waals surface area contributed by atoms with E-state index >= 15 is 0 Å². The number of carbonyl (C=O) groups excluding carboxylic acids is 2. The Kier molecular flexibility index (Phi) is 6.68. The van der Waals surface area contributed by atoms with Crippen LogP contribution in [0.25, 0.3) is 10.9 Å². The zero-order chi connectivity index (χ0) is 24.2. The fourth-order valence-electron chi connectivity index (χ4n) is 4.34. The largest absolute Gasteiger partial charge is 0.490 e. The number of nitrogens with one attached hydrogen (secondary N) is 1. The lowest BCUT2D eigenvalue weighted by Gasteiger charge is -2.34. The minimum Gasteiger partial charge on any atom is -0.490 e. The van der Waals surface area contributed by atoms with Crippen LogP contribution in [0.4, 0.5) is 5.69 Å². The summed E-state index contributed by atoms with van der Waals surface area (Å²) in [5.41, 5.74) is 1.85. The highest BCUT2D eigenvalue weighted by molar-refractivity contribution is 6.34. The highest BCUT2D eigenvalue weighted by Gasteiger charge is 2.28. The van der Waals surface area contributed by atoms with Crippen molar-refractivity contribution in [3.63, 3.8) is 0 Å². The third kappa shape index (κ3) is 5.15. The molecule has 1 aliphatic heterocycles. The number of pyridine rings is 1. The Bertz CT molecular complexity index is 1330. The van der Waals surface area contributed by atoms with Gasteiger partial charge in [0.05, 0.1) is 10.7 Å². The average molecular weight is 489 g/mol. The van der Waals surface area contributed by atoms with E-state index in [1.165, 1.54) is 4.90 Å². The molecule has 5 rings (SSSR count). The van der Waals surface area contributed by atoms with Crippen molar-refractivity contribution in [2.45, 2.75) is 18.9 Å². The van der Waals surface area contributed by atoms with Crippen LogP contribution in [0.5, 0.6) is 5.75 Å². The van der Waals surface area contributed by atoms with Crippen molar-refractivity contribution >= 4 is 40.0 Å². The van der Waals surface area contributed by atoms with E-state index < -0.39 is 0 Å². The van der Waals surface area contributed by atoms with Crippen molar-refractivity contribution in [1.29, 1.82) is 0 Å². The highest BCUT2D eigenvalue weighted by atomic mass is 35.5. The van der Waals surface area contributed by atoms with E-state index in [1.54, 1.807) is 47.6 Å². The molecule has 7 nitrogen and oxygen atoms in total. The van der Waals surface area contributed by atoms with Gasteiger partial charge in [-0.1, -0.05) is 29.8 Å². The highest BCUT2D eigenvalue weighted by Crippen LogP contribution is 2.28. The summed E-state index contributed by atoms with van der Waals surface area (Å²) in [5.74, 6) is 0.375. The molecule has 4 aromatic rings. The number of para-hydroxylation sites is 1. The molecule has 8 heteroatoms. The molecule has 1 N–H and O–H groups in total. The minimum absolute atomic E-state index is 0.0373. The Balaban J connectivity index is 1.31. The summed E-state index contributed by atoms with van der Waals surface area (Å²) < 4.78 is 6.01. The normalized spacial score (nSPS) is 14.1. The number of aromatic nitrogens is 2. The van der Waals surface area contributed by atoms with Gasteiger partial charge >= 0.3 is 0 Å². The lowest BCUT2D eigenvalue weighted by atomic mass is 10.1. The van der Waals surface area contributed by atoms with E-state index in [9.17, 15) is 9.59 Å². The Morgan fingerprint density at radius 3 is 2.60 bits per heavy atom. The number of nitrogens with zero attached hydrogens (tertiary/aromatic N) is 3. The molecular formula is C27H25ClN4O3. The first kappa shape index (κ1) is 22.9. The standard InChI is InChI=1S/C27H25ClN4O3/c28-23-3-1-2-4-25(23)32(27(34)20-6-5-19-7-14-30-24(19)17-20)18-26(33)31-15-10-22(11-16-31)35-21-8-12-29-13-9-21/h1-9,12-14,17,22,30H,10-11,15-16,18H2. The van der Waals surface area contributed by atoms with Gasteiger partial charge < -0.3 is 14.6 Å². The molecule has 0 aliphatic carbocycles. The van der Waals surface area contributed by atoms with Crippen LogP contribution in [0.15, 0.2) is 79.3 Å². The van der Waals surface area contributed by atoms with E-state index in [2.05, 4.69) is 9.97 Å². The van der Waals surface area contributed by atoms with Crippen LogP contribution >= 0.6 is 11.6 Å². The molecule has 3 heterocycles. The number of piperidine rings is 1. The summed E-state index contributed by atoms with van der Waals surface area (Å²) in [6, 6.07) is 18.2. The maximum absolute atomic E-state index is 13.6. The van der Waals surface area contributed by atoms with Crippen LogP contribution < -0.4 is 9.64 Å². The van der Waals surface area contributed by atoms with E-state index in [0.717, 1.165) is 29.5 Å². The minimum atomic E-state index is -0.279. The zero-order valence-electron chi connectivity index (χ0n) is 19.1. The number of carbonyl (C=O) groups is 2. The van der Waals surface area contributed by atoms with Crippen LogP contribution in [0.2, 0.25) is 5.02 Å². The van der Waals surface area contributed by atoms with E-state index in [1.807, 2.05) is 36.5 Å². The van der Waals surface area contributed by atoms with Crippen LogP contribution in [-0.2, 0) is 4.79 Å². The van der Waals surface area contributed by atoms with E-state index in [0.29, 0.717) is 29.4 Å². The van der Waals surface area contributed by atoms with Gasteiger partial charge in [0.1, 0.15) is 18.4 Å². The molecule has 178 valence electrons. The summed E-state index contributed by atoms with van der Waals surface area (Å²) in [6.07, 6.45) is 6.70. The van der Waals surface area contributed by atoms with Gasteiger partial charge in [-0.05, 0) is 47.9 Å². The second kappa shape index (κ2) is 10.2. The van der Waals surface area contributed by atoms with Crippen LogP contribution in [-0.4, -0.2) is 52.4 Å². The molecule has 0 saturated carbocycles. The number of fused-ring (bicyclic) bond motifs is 1. The number of halogens is 1. The van der Waals surface area contributed by atoms with Gasteiger partial charge in [0.15, 0.2) is 0 Å². The summed E-state index contributed by atoms with van der Waals surface area (Å²) >= 11 is 6.45. The van der Waals surface area contributed by atoms with Crippen LogP contribution in [0.1, 0.15) is 23.2 Å². The Morgan fingerprint density at radius 2 is 1.83 bits per heavy atom. The molecule has 0 radical (unpaired) electrons. The van der Waals surface area contributed by atoms with Gasteiger partial charge in [0, 0.05) is 55.6 Å². The molecule has 1 fully saturated rings. The van der Waals surface area contributed by atoms with Gasteiger partial charge in [-0.3, -0.25) is 19.5 Å². The number of hydrogen-bond donors (Lipinski definition) is 1. The van der Waals surface area contributed by atoms with Gasteiger partial charge in [0.25, 0.3) is 5.91 Å². The summed E-state index contributed by atoms with van der Waals surface area (Å²) in [4.78, 5) is 37.3. The zero-order valence-corrected chi connectivity index (χ0v) is 19.8. The topological polar surface area (TPSA) is 78.5 Å². The van der Waals surface area contributed by atoms with Crippen molar-refractivity contribution in [1.82, 2.24) is 14.9 Å². The fourth-order valence-corrected chi connectivity index (χ4v) is 4.58. The first-order valence-corrected chi connectivity index (χ1v) is 11.9. The molecule has 2 amide bonds. The predicted octanol–water partition coefficient (Wildman–Crippen LogP) is 4.93. The fraction of sp³-hybridized carbons (Fsp3) is 0.222. The van der Waals surface area contributed by atoms with E-state index in [4.69, 9.17) is 16.3 Å². The maximum Gasteiger partial charge on any atom is 0.258 e. The number of rotatable bonds is 6. The number of likely N-dealkylation sites (tertiary alicyclic amines) is 1. The van der Waals surface area contributed by atoms with Crippen molar-refractivity contribution in [3.8, 4) is 5.75 Å². The number of benzene rings is 2. The van der Waals surface area contributed by atoms with Gasteiger partial charge in [-0.2, -0.15) is 0 Å². The Hall–Kier alpha value is -3.84. The predicted molar refractivity (Wildman–Crippen MR) is 136 cm³/mol. The molecule has 1 aliphatic rings. The number of anilines is 1. The van der Waals surface area contributed by atoms with Crippen LogP contribution in [0.3, 0.4) is 0 Å². The molecule has 1 saturated heterocycles. The summed E-state index contributed by atoms with van der Waals surface area (Å²) in [7, 11) is 0. The molecular weight excluding hydrogens is 464 g/mol. The number of amides is 2. The van der Waals surface area contributed by atoms with Crippen LogP contribution in [0, 0.1) is 0 Å². The van der Waals surface area contributed by atoms with Crippen molar-refractivity contribution in [3.05, 3.63) is 89.8 Å². The third-order valence-corrected chi connectivity index (χ3v) is 6.55. The summed E-state index contributed by atoms with van der Waals surface area (Å²) in [5, 5.41) is 1.43. The van der Waals surface area contributed by atoms with Crippen molar-refractivity contribution < 1.29 is 14.3 Å². The lowest BCUT2D eigenvalue weighted by Crippen LogP contribution is -2.47. The maximum atomic E-state index is 13.6. The molecule has 0 atom stereocenters. The molecule has 0 spiro atoms. The molecule has 0 unspecified atom stereocenters. The number of ether oxygens (including phenoxy) is 1. The molecule has 2 aromatic heterocycles. The third-order valence-electron chi connectivity index (χ3n) is 6.23. The second-order valence-corrected chi connectivity index (χ2v) is 8.91. The quantitative estimate of drug-likeness (QED) is 0.417. The smallest absolute Gasteiger partial charge is 0.258 e. The SMILES string of the molecule is O=C(CN(C(=O)c1ccc2cc[nH]c2c1)c1ccccc1Cl)N1CCC(Oc2ccncc2)CC1. The number of H-pyrrole nitrogens is 1. The van der Waals surface area contributed by atoms with E-state index in [-0.39, 0.29) is 24.5 Å². The lowest BCUT2D eigenvalue weighted by molar-refractivity contribution is -0.131. The monoisotopic (exact) mass is 488 g/mol. The first-order valence-electron chi connectivity index (χ1n) is 11.6. The molecule has 2 aromatic carbocycles. The summed E-state index contributed by atoms with van der Waals surface area (Å²) in [6.45, 7) is 1.03. The van der Waals surface area contributed by atoms with Gasteiger partial charge in [0.2, 0.25) is 5.91 Å². The van der Waals surface area contributed by atoms with Crippen molar-refractivity contribution in [2.75, 3.05) is 24.5 Å². The Morgan fingerprint density at radius 1 is 1.06 bits per heavy atom. The number of aromatic amines is 1. The molecule has 35 heavy (non-hydrogen) atoms. The first-order chi connectivity index (χ1) is 17.1. The second-order valence-electron chi connectivity index (χ2n) is 8.50. The van der Waals surface area contributed by atoms with Crippen molar-refractivity contribution in [2.24, 2.45) is 0 Å².